The zero-order valence-corrected chi connectivity index (χ0v) is 80.6. The summed E-state index contributed by atoms with van der Waals surface area (Å²) >= 11 is 2.23. The lowest BCUT2D eigenvalue weighted by Gasteiger charge is -2.43. The molecule has 5 N–H and O–H groups in total. The van der Waals surface area contributed by atoms with Gasteiger partial charge in [0.15, 0.2) is 5.69 Å². The van der Waals surface area contributed by atoms with Crippen molar-refractivity contribution < 1.29 is 104 Å². The number of pyridine rings is 3. The number of benzene rings is 1. The summed E-state index contributed by atoms with van der Waals surface area (Å²) in [6.07, 6.45) is -0.261. The molecule has 1 aromatic carbocycles. The third-order valence-corrected chi connectivity index (χ3v) is 20.8. The molecule has 722 valence electrons. The number of unbranched alkanes of at least 4 members (excludes halogenated alkanes) is 1. The van der Waals surface area contributed by atoms with Crippen LogP contribution < -0.4 is 41.0 Å². The number of carbonyl (C=O) groups is 9. The number of rotatable bonds is 50. The van der Waals surface area contributed by atoms with Crippen LogP contribution in [0.4, 0.5) is 18.9 Å². The summed E-state index contributed by atoms with van der Waals surface area (Å²) in [4.78, 5) is 148. The van der Waals surface area contributed by atoms with E-state index in [1.54, 1.807) is 96.2 Å². The van der Waals surface area contributed by atoms with Crippen molar-refractivity contribution in [2.45, 2.75) is 221 Å². The molecule has 0 unspecified atom stereocenters. The van der Waals surface area contributed by atoms with Crippen molar-refractivity contribution >= 4 is 81.7 Å². The maximum Gasteiger partial charge on any atom is 0.434 e. The molecule has 0 aliphatic carbocycles. The van der Waals surface area contributed by atoms with Crippen molar-refractivity contribution in [3.63, 3.8) is 0 Å². The van der Waals surface area contributed by atoms with Gasteiger partial charge in [0, 0.05) is 133 Å². The van der Waals surface area contributed by atoms with Crippen molar-refractivity contribution in [3.8, 4) is 23.0 Å². The lowest BCUT2D eigenvalue weighted by atomic mass is 10.0. The van der Waals surface area contributed by atoms with E-state index in [2.05, 4.69) is 64.0 Å². The average Bonchev–Trinajstić information content (AvgIpc) is 0.779. The predicted octanol–water partition coefficient (Wildman–Crippen LogP) is 9.01. The van der Waals surface area contributed by atoms with Crippen LogP contribution in [0.5, 0.6) is 11.8 Å². The SMILES string of the molecule is CCOc1ccc(C(=O)N2CCN(c3ccc(-c4cccnc4OCC)nc3CNCCCOCCOCCOCCOCCNC(=O)[C@@H](CCCCNC(=O)CN3CCN(CC(=O)OC(C)(C)C)CCN(CC(=O)OC(C)(C)C)CCN(CC(=O)OC(C)(C)C)CC3)NC(=O)[C@@H](CCC(=O)OC(C)(C)C)NC(=O)CCCc3ccc(I)cc3)[C@H](CC)C2)c(C(F)(F)F)n1. The molecule has 0 saturated carbocycles. The highest BCUT2D eigenvalue weighted by atomic mass is 127. The van der Waals surface area contributed by atoms with Crippen LogP contribution in [0.2, 0.25) is 0 Å². The number of alkyl halides is 3. The summed E-state index contributed by atoms with van der Waals surface area (Å²) in [6, 6.07) is 15.3. The molecular weight excluding hydrogens is 1790 g/mol. The minimum absolute atomic E-state index is 0.0212. The Labute approximate surface area is 773 Å². The van der Waals surface area contributed by atoms with E-state index in [-0.39, 0.29) is 129 Å². The number of hydrogen-bond donors (Lipinski definition) is 5. The Bertz CT molecular complexity index is 4080. The number of nitrogens with one attached hydrogen (secondary N) is 5. The Morgan fingerprint density at radius 1 is 0.504 bits per heavy atom. The van der Waals surface area contributed by atoms with Crippen LogP contribution in [0.15, 0.2) is 66.9 Å². The van der Waals surface area contributed by atoms with E-state index in [4.69, 9.17) is 52.4 Å². The minimum atomic E-state index is -4.88. The topological polar surface area (TPSA) is 364 Å². The number of amides is 5. The fraction of sp³-hybridized carbons (Fsp3) is 0.674. The summed E-state index contributed by atoms with van der Waals surface area (Å²) in [5, 5.41) is 15.1. The number of hydrogen-bond acceptors (Lipinski definition) is 28. The minimum Gasteiger partial charge on any atom is -0.478 e. The van der Waals surface area contributed by atoms with Crippen LogP contribution in [-0.2, 0) is 95.4 Å². The molecular formula is C92H142F3IN14O19. The van der Waals surface area contributed by atoms with E-state index in [1.807, 2.05) is 82.0 Å². The van der Waals surface area contributed by atoms with Gasteiger partial charge in [0.25, 0.3) is 5.91 Å². The molecule has 5 amide bonds. The molecule has 129 heavy (non-hydrogen) atoms. The average molecular weight is 1930 g/mol. The zero-order chi connectivity index (χ0) is 94.7. The Balaban J connectivity index is 0.997. The maximum atomic E-state index is 14.4. The van der Waals surface area contributed by atoms with Gasteiger partial charge < -0.3 is 83.8 Å². The highest BCUT2D eigenvalue weighted by Crippen LogP contribution is 2.36. The lowest BCUT2D eigenvalue weighted by molar-refractivity contribution is -0.158. The molecule has 0 bridgehead atoms. The second-order valence-corrected chi connectivity index (χ2v) is 36.9. The first-order chi connectivity index (χ1) is 61.1. The predicted molar refractivity (Wildman–Crippen MR) is 490 cm³/mol. The third kappa shape index (κ3) is 44.0. The first-order valence-electron chi connectivity index (χ1n) is 45.1. The molecule has 2 aliphatic heterocycles. The van der Waals surface area contributed by atoms with Gasteiger partial charge in [0.05, 0.1) is 114 Å². The number of piperazine rings is 1. The Morgan fingerprint density at radius 3 is 1.58 bits per heavy atom. The number of aromatic nitrogens is 3. The van der Waals surface area contributed by atoms with E-state index in [1.165, 1.54) is 11.0 Å². The zero-order valence-electron chi connectivity index (χ0n) is 78.5. The van der Waals surface area contributed by atoms with Crippen molar-refractivity contribution in [1.29, 1.82) is 0 Å². The lowest BCUT2D eigenvalue weighted by Crippen LogP contribution is -2.55. The summed E-state index contributed by atoms with van der Waals surface area (Å²) in [6.45, 7) is 34.1. The van der Waals surface area contributed by atoms with Gasteiger partial charge in [0.2, 0.25) is 35.4 Å². The van der Waals surface area contributed by atoms with Gasteiger partial charge in [-0.3, -0.25) is 62.8 Å². The van der Waals surface area contributed by atoms with Crippen molar-refractivity contribution in [3.05, 3.63) is 92.9 Å². The van der Waals surface area contributed by atoms with Gasteiger partial charge in [-0.2, -0.15) is 13.2 Å². The number of anilines is 1. The quantitative estimate of drug-likeness (QED) is 0.0119. The molecule has 2 saturated heterocycles. The summed E-state index contributed by atoms with van der Waals surface area (Å²) in [5.41, 5.74) is -0.890. The van der Waals surface area contributed by atoms with Crippen LogP contribution >= 0.6 is 22.6 Å². The fourth-order valence-corrected chi connectivity index (χ4v) is 14.5. The van der Waals surface area contributed by atoms with Crippen LogP contribution in [0, 0.1) is 3.57 Å². The van der Waals surface area contributed by atoms with Crippen LogP contribution in [0.3, 0.4) is 0 Å². The molecule has 5 heterocycles. The molecule has 3 aromatic heterocycles. The number of aryl methyl sites for hydroxylation is 1. The molecule has 2 fully saturated rings. The normalized spacial score (nSPS) is 15.6. The molecule has 0 spiro atoms. The fourth-order valence-electron chi connectivity index (χ4n) is 14.1. The molecule has 0 radical (unpaired) electrons. The van der Waals surface area contributed by atoms with E-state index >= 15 is 0 Å². The molecule has 3 atom stereocenters. The second kappa shape index (κ2) is 55.7. The Morgan fingerprint density at radius 2 is 1.04 bits per heavy atom. The molecule has 37 heteroatoms. The highest BCUT2D eigenvalue weighted by Gasteiger charge is 2.41. The maximum absolute atomic E-state index is 14.4. The first-order valence-corrected chi connectivity index (χ1v) is 46.2. The summed E-state index contributed by atoms with van der Waals surface area (Å²) in [7, 11) is 0. The molecule has 4 aromatic rings. The van der Waals surface area contributed by atoms with Crippen molar-refractivity contribution in [1.82, 2.24) is 66.0 Å². The van der Waals surface area contributed by atoms with E-state index in [9.17, 15) is 56.3 Å². The largest absolute Gasteiger partial charge is 0.478 e. The monoisotopic (exact) mass is 1930 g/mol. The number of esters is 4. The highest BCUT2D eigenvalue weighted by molar-refractivity contribution is 14.1. The van der Waals surface area contributed by atoms with Crippen LogP contribution in [0.1, 0.15) is 189 Å². The van der Waals surface area contributed by atoms with Crippen molar-refractivity contribution in [2.75, 3.05) is 189 Å². The summed E-state index contributed by atoms with van der Waals surface area (Å²) < 4.78 is 101. The standard InChI is InChI=1S/C92H142F3IN14O19/c1-16-68-61-109(87(119)70-32-36-78(124-17-2)104-83(70)92(93,94)95)50-51-110(68)75-35-33-71(69-25-22-40-100-86(69)125-18-3)101-74(75)60-97-38-23-52-120-54-56-122-58-59-123-57-55-121-53-41-99-84(117)72(103-85(118)73(34-37-79(113)126-88(4,5)6)102-76(111)27-21-24-66-28-30-67(96)31-29-66)26-19-20-39-98-77(112)62-105-42-44-106(63-80(114)127-89(7,8)9)46-48-108(65-82(116)129-91(13,14)15)49-47-107(45-43-105)64-81(115)128-90(10,11)12/h22,25,28-33,35-36,40,68,72-73,97H,16-21,23-24,26-27,34,37-39,41-65H2,1-15H3,(H,98,112)(H,99,117)(H,102,111)(H,103,118)/t68-,72-,73-/m1/s1. The van der Waals surface area contributed by atoms with E-state index in [0.717, 1.165) is 26.6 Å². The van der Waals surface area contributed by atoms with Gasteiger partial charge in [-0.15, -0.1) is 0 Å². The number of carbonyl (C=O) groups excluding carboxylic acids is 9. The molecule has 2 aliphatic rings. The third-order valence-electron chi connectivity index (χ3n) is 20.1. The molecule has 33 nitrogen and oxygen atoms in total. The van der Waals surface area contributed by atoms with Crippen LogP contribution in [0.25, 0.3) is 11.3 Å². The smallest absolute Gasteiger partial charge is 0.434 e. The summed E-state index contributed by atoms with van der Waals surface area (Å²) in [5.74, 6) is -4.28. The van der Waals surface area contributed by atoms with Gasteiger partial charge in [-0.05, 0) is 225 Å². The number of nitrogens with zero attached hydrogens (tertiary/aromatic N) is 9. The van der Waals surface area contributed by atoms with Gasteiger partial charge in [-0.25, -0.2) is 15.0 Å². The Hall–Kier alpha value is -8.54. The second-order valence-electron chi connectivity index (χ2n) is 35.7. The number of halogens is 4. The van der Waals surface area contributed by atoms with Crippen LogP contribution in [-0.4, -0.2) is 317 Å². The van der Waals surface area contributed by atoms with Gasteiger partial charge >= 0.3 is 30.1 Å². The first kappa shape index (κ1) is 109. The number of ether oxygens (including phenoxy) is 10. The van der Waals surface area contributed by atoms with E-state index in [0.29, 0.717) is 161 Å². The van der Waals surface area contributed by atoms with Gasteiger partial charge in [0.1, 0.15) is 34.5 Å². The molecule has 6 rings (SSSR count). The van der Waals surface area contributed by atoms with Crippen molar-refractivity contribution in [2.24, 2.45) is 0 Å². The van der Waals surface area contributed by atoms with E-state index < -0.39 is 99.4 Å². The van der Waals surface area contributed by atoms with Gasteiger partial charge in [-0.1, -0.05) is 19.1 Å². The Kier molecular flexibility index (Phi) is 47.2.